The summed E-state index contributed by atoms with van der Waals surface area (Å²) in [5, 5.41) is 21.7. The van der Waals surface area contributed by atoms with E-state index in [1.165, 1.54) is 25.3 Å². The lowest BCUT2D eigenvalue weighted by molar-refractivity contribution is 0.0153. The average molecular weight is 450 g/mol. The molecule has 0 aliphatic carbocycles. The van der Waals surface area contributed by atoms with Crippen molar-refractivity contribution in [3.05, 3.63) is 64.7 Å². The molecule has 2 aromatic heterocycles. The molecular formula is C23H23FN6O3. The summed E-state index contributed by atoms with van der Waals surface area (Å²) in [4.78, 5) is 16.7. The number of aromatic nitrogens is 4. The number of β-amino-alcohol motifs (C(OH)–C–C–N with tert-alkyl or cyclic N) is 1. The molecule has 1 aliphatic rings. The van der Waals surface area contributed by atoms with Crippen LogP contribution in [0.4, 0.5) is 10.1 Å². The van der Waals surface area contributed by atoms with Gasteiger partial charge in [0.15, 0.2) is 5.82 Å². The molecule has 9 nitrogen and oxygen atoms in total. The number of para-hydroxylation sites is 1. The molecule has 4 aromatic rings. The maximum Gasteiger partial charge on any atom is 0.273 e. The minimum atomic E-state index is -0.618. The third-order valence-electron chi connectivity index (χ3n) is 5.95. The van der Waals surface area contributed by atoms with Gasteiger partial charge in [-0.05, 0) is 31.3 Å². The molecule has 2 N–H and O–H groups in total. The molecule has 0 saturated carbocycles. The SMILES string of the molecule is COc1cccc(F)c1-n1nc2c(-c3ccc(N4CCN(C)C(O)C4)cc3)n[nH]c2cc1=O. The number of ether oxygens (including phenoxy) is 1. The Hall–Kier alpha value is -3.76. The fraction of sp³-hybridized carbons (Fsp3) is 0.261. The number of benzene rings is 2. The van der Waals surface area contributed by atoms with E-state index >= 15 is 0 Å². The van der Waals surface area contributed by atoms with Gasteiger partial charge >= 0.3 is 0 Å². The monoisotopic (exact) mass is 450 g/mol. The zero-order valence-corrected chi connectivity index (χ0v) is 18.2. The van der Waals surface area contributed by atoms with Gasteiger partial charge in [-0.15, -0.1) is 0 Å². The molecule has 0 radical (unpaired) electrons. The highest BCUT2D eigenvalue weighted by Crippen LogP contribution is 2.29. The summed E-state index contributed by atoms with van der Waals surface area (Å²) < 4.78 is 20.8. The molecule has 0 bridgehead atoms. The van der Waals surface area contributed by atoms with Crippen molar-refractivity contribution in [2.24, 2.45) is 0 Å². The maximum atomic E-state index is 14.6. The molecule has 0 amide bonds. The molecule has 0 spiro atoms. The quantitative estimate of drug-likeness (QED) is 0.491. The Morgan fingerprint density at radius 2 is 1.97 bits per heavy atom. The van der Waals surface area contributed by atoms with Crippen molar-refractivity contribution in [1.82, 2.24) is 24.9 Å². The van der Waals surface area contributed by atoms with Crippen LogP contribution in [0.5, 0.6) is 5.75 Å². The first-order valence-electron chi connectivity index (χ1n) is 10.5. The van der Waals surface area contributed by atoms with Gasteiger partial charge in [-0.25, -0.2) is 4.39 Å². The number of methoxy groups -OCH3 is 1. The van der Waals surface area contributed by atoms with Crippen molar-refractivity contribution in [3.63, 3.8) is 0 Å². The zero-order valence-electron chi connectivity index (χ0n) is 18.2. The van der Waals surface area contributed by atoms with E-state index in [1.54, 1.807) is 6.07 Å². The number of fused-ring (bicyclic) bond motifs is 1. The molecule has 3 heterocycles. The molecule has 1 saturated heterocycles. The number of anilines is 1. The largest absolute Gasteiger partial charge is 0.494 e. The number of hydrogen-bond donors (Lipinski definition) is 2. The molecular weight excluding hydrogens is 427 g/mol. The number of H-pyrrole nitrogens is 1. The lowest BCUT2D eigenvalue weighted by atomic mass is 10.1. The van der Waals surface area contributed by atoms with Crippen molar-refractivity contribution >= 4 is 16.7 Å². The average Bonchev–Trinajstić information content (AvgIpc) is 3.23. The summed E-state index contributed by atoms with van der Waals surface area (Å²) in [5.74, 6) is -0.417. The number of aromatic amines is 1. The molecule has 2 aromatic carbocycles. The van der Waals surface area contributed by atoms with Crippen molar-refractivity contribution in [1.29, 1.82) is 0 Å². The second kappa shape index (κ2) is 8.30. The van der Waals surface area contributed by atoms with Gasteiger partial charge in [0.2, 0.25) is 0 Å². The van der Waals surface area contributed by atoms with Crippen LogP contribution in [0.1, 0.15) is 0 Å². The Bertz CT molecular complexity index is 1370. The van der Waals surface area contributed by atoms with Gasteiger partial charge in [-0.3, -0.25) is 14.8 Å². The molecule has 1 aliphatic heterocycles. The van der Waals surface area contributed by atoms with E-state index < -0.39 is 17.6 Å². The highest BCUT2D eigenvalue weighted by molar-refractivity contribution is 5.89. The predicted molar refractivity (Wildman–Crippen MR) is 122 cm³/mol. The molecule has 33 heavy (non-hydrogen) atoms. The van der Waals surface area contributed by atoms with Gasteiger partial charge < -0.3 is 14.7 Å². The van der Waals surface area contributed by atoms with Crippen molar-refractivity contribution in [2.45, 2.75) is 6.23 Å². The van der Waals surface area contributed by atoms with Gasteiger partial charge in [-0.2, -0.15) is 14.9 Å². The van der Waals surface area contributed by atoms with Crippen LogP contribution in [0, 0.1) is 5.82 Å². The van der Waals surface area contributed by atoms with E-state index in [0.717, 1.165) is 29.0 Å². The van der Waals surface area contributed by atoms with Crippen LogP contribution in [0.2, 0.25) is 0 Å². The smallest absolute Gasteiger partial charge is 0.273 e. The maximum absolute atomic E-state index is 14.6. The molecule has 5 rings (SSSR count). The van der Waals surface area contributed by atoms with Gasteiger partial charge in [0.25, 0.3) is 5.56 Å². The second-order valence-corrected chi connectivity index (χ2v) is 7.97. The Kier molecular flexibility index (Phi) is 5.31. The highest BCUT2D eigenvalue weighted by Gasteiger charge is 2.23. The van der Waals surface area contributed by atoms with Gasteiger partial charge in [0.05, 0.1) is 19.2 Å². The van der Waals surface area contributed by atoms with E-state index in [9.17, 15) is 14.3 Å². The number of nitrogens with one attached hydrogen (secondary N) is 1. The van der Waals surface area contributed by atoms with Crippen LogP contribution < -0.4 is 15.2 Å². The van der Waals surface area contributed by atoms with Crippen molar-refractivity contribution in [3.8, 4) is 22.7 Å². The number of piperazine rings is 1. The topological polar surface area (TPSA) is 99.5 Å². The van der Waals surface area contributed by atoms with Gasteiger partial charge in [-0.1, -0.05) is 18.2 Å². The van der Waals surface area contributed by atoms with Crippen molar-refractivity contribution in [2.75, 3.05) is 38.7 Å². The van der Waals surface area contributed by atoms with Crippen LogP contribution in [0.25, 0.3) is 28.0 Å². The predicted octanol–water partition coefficient (Wildman–Crippen LogP) is 1.99. The summed E-state index contributed by atoms with van der Waals surface area (Å²) in [7, 11) is 3.31. The number of aliphatic hydroxyl groups is 1. The van der Waals surface area contributed by atoms with Gasteiger partial charge in [0, 0.05) is 30.4 Å². The number of likely N-dealkylation sites (N-methyl/N-ethyl adjacent to an activating group) is 1. The van der Waals surface area contributed by atoms with Crippen LogP contribution in [-0.2, 0) is 0 Å². The first-order chi connectivity index (χ1) is 16.0. The standard InChI is InChI=1S/C23H23FN6O3/c1-28-10-11-29(13-20(28)32)15-8-6-14(7-9-15)21-22-17(25-26-21)12-19(31)30(27-22)23-16(24)4-3-5-18(23)33-2/h3-9,12,20,25,32H,10-11,13H2,1-2H3. The molecule has 1 unspecified atom stereocenters. The number of hydrogen-bond acceptors (Lipinski definition) is 7. The highest BCUT2D eigenvalue weighted by atomic mass is 19.1. The van der Waals surface area contributed by atoms with E-state index in [1.807, 2.05) is 36.2 Å². The third-order valence-corrected chi connectivity index (χ3v) is 5.95. The second-order valence-electron chi connectivity index (χ2n) is 7.97. The summed E-state index contributed by atoms with van der Waals surface area (Å²) in [6, 6.07) is 13.4. The third kappa shape index (κ3) is 3.73. The minimum absolute atomic E-state index is 0.0528. The normalized spacial score (nSPS) is 17.0. The number of halogens is 1. The Balaban J connectivity index is 1.54. The summed E-state index contributed by atoms with van der Waals surface area (Å²) in [6.07, 6.45) is -0.509. The Labute approximate surface area is 188 Å². The first-order valence-corrected chi connectivity index (χ1v) is 10.5. The Morgan fingerprint density at radius 1 is 1.18 bits per heavy atom. The lowest BCUT2D eigenvalue weighted by Crippen LogP contribution is -2.51. The van der Waals surface area contributed by atoms with Gasteiger partial charge in [0.1, 0.15) is 28.9 Å². The zero-order chi connectivity index (χ0) is 23.1. The van der Waals surface area contributed by atoms with E-state index in [-0.39, 0.29) is 11.4 Å². The number of rotatable bonds is 4. The fourth-order valence-corrected chi connectivity index (χ4v) is 4.03. The van der Waals surface area contributed by atoms with E-state index in [4.69, 9.17) is 4.74 Å². The molecule has 1 atom stereocenters. The molecule has 1 fully saturated rings. The van der Waals surface area contributed by atoms with Crippen LogP contribution in [0.15, 0.2) is 53.3 Å². The number of aliphatic hydroxyl groups excluding tert-OH is 1. The summed E-state index contributed by atoms with van der Waals surface area (Å²) in [5.41, 5.74) is 2.65. The van der Waals surface area contributed by atoms with E-state index in [2.05, 4.69) is 20.2 Å². The minimum Gasteiger partial charge on any atom is -0.494 e. The lowest BCUT2D eigenvalue weighted by Gasteiger charge is -2.37. The van der Waals surface area contributed by atoms with Crippen LogP contribution in [-0.4, -0.2) is 70.0 Å². The molecule has 10 heteroatoms. The first kappa shape index (κ1) is 21.1. The van der Waals surface area contributed by atoms with E-state index in [0.29, 0.717) is 23.3 Å². The van der Waals surface area contributed by atoms with Crippen LogP contribution >= 0.6 is 0 Å². The fourth-order valence-electron chi connectivity index (χ4n) is 4.03. The Morgan fingerprint density at radius 3 is 2.70 bits per heavy atom. The van der Waals surface area contributed by atoms with Crippen LogP contribution in [0.3, 0.4) is 0 Å². The summed E-state index contributed by atoms with van der Waals surface area (Å²) in [6.45, 7) is 2.11. The summed E-state index contributed by atoms with van der Waals surface area (Å²) >= 11 is 0. The molecule has 170 valence electrons. The van der Waals surface area contributed by atoms with Crippen molar-refractivity contribution < 1.29 is 14.2 Å². The number of nitrogens with zero attached hydrogens (tertiary/aromatic N) is 5.